The van der Waals surface area contributed by atoms with Crippen molar-refractivity contribution >= 4 is 29.4 Å². The number of hydrogen-bond acceptors (Lipinski definition) is 6. The van der Waals surface area contributed by atoms with Gasteiger partial charge in [0.1, 0.15) is 0 Å². The van der Waals surface area contributed by atoms with Crippen LogP contribution in [0.4, 0.5) is 10.5 Å². The van der Waals surface area contributed by atoms with E-state index in [0.717, 1.165) is 24.3 Å². The molecule has 0 atom stereocenters. The van der Waals surface area contributed by atoms with Crippen LogP contribution < -0.4 is 16.0 Å². The molecule has 0 aliphatic heterocycles. The number of carbonyl (C=O) groups is 2. The van der Waals surface area contributed by atoms with Crippen molar-refractivity contribution < 1.29 is 9.59 Å². The maximum atomic E-state index is 11.5. The van der Waals surface area contributed by atoms with E-state index in [4.69, 9.17) is 5.73 Å². The molecule has 2 rings (SSSR count). The van der Waals surface area contributed by atoms with Crippen LogP contribution >= 0.6 is 11.8 Å². The Hall–Kier alpha value is -2.55. The van der Waals surface area contributed by atoms with Gasteiger partial charge in [-0.2, -0.15) is 0 Å². The fourth-order valence-electron chi connectivity index (χ4n) is 2.41. The molecule has 0 bridgehead atoms. The summed E-state index contributed by atoms with van der Waals surface area (Å²) >= 11 is 1.19. The smallest absolute Gasteiger partial charge is 0.318 e. The first-order valence-electron chi connectivity index (χ1n) is 7.93. The van der Waals surface area contributed by atoms with Gasteiger partial charge >= 0.3 is 6.03 Å². The second-order valence-electron chi connectivity index (χ2n) is 5.29. The van der Waals surface area contributed by atoms with Crippen LogP contribution in [-0.4, -0.2) is 45.5 Å². The summed E-state index contributed by atoms with van der Waals surface area (Å²) in [6.45, 7) is 6.15. The van der Waals surface area contributed by atoms with Gasteiger partial charge in [0.25, 0.3) is 0 Å². The first kappa shape index (κ1) is 18.8. The zero-order chi connectivity index (χ0) is 18.4. The Morgan fingerprint density at radius 3 is 2.40 bits per heavy atom. The topological polar surface area (TPSA) is 106 Å². The van der Waals surface area contributed by atoms with E-state index in [2.05, 4.69) is 41.1 Å². The zero-order valence-electron chi connectivity index (χ0n) is 14.5. The van der Waals surface area contributed by atoms with Crippen LogP contribution in [0.15, 0.2) is 29.4 Å². The summed E-state index contributed by atoms with van der Waals surface area (Å²) in [4.78, 5) is 24.4. The molecule has 0 radical (unpaired) electrons. The van der Waals surface area contributed by atoms with E-state index >= 15 is 0 Å². The largest absolute Gasteiger partial charge is 0.372 e. The molecule has 0 saturated carbocycles. The summed E-state index contributed by atoms with van der Waals surface area (Å²) < 4.78 is 1.81. The lowest BCUT2D eigenvalue weighted by atomic mass is 10.2. The predicted octanol–water partition coefficient (Wildman–Crippen LogP) is 1.62. The highest BCUT2D eigenvalue weighted by Crippen LogP contribution is 2.24. The van der Waals surface area contributed by atoms with Crippen LogP contribution in [0, 0.1) is 0 Å². The molecule has 2 aromatic rings. The molecular formula is C16H22N6O2S. The minimum atomic E-state index is -0.863. The molecule has 1 heterocycles. The molecule has 0 saturated heterocycles. The molecule has 8 nitrogen and oxygen atoms in total. The lowest BCUT2D eigenvalue weighted by Gasteiger charge is -2.21. The maximum absolute atomic E-state index is 11.5. The van der Waals surface area contributed by atoms with E-state index in [1.165, 1.54) is 11.8 Å². The third kappa shape index (κ3) is 4.72. The van der Waals surface area contributed by atoms with E-state index in [1.807, 2.05) is 29.1 Å². The van der Waals surface area contributed by atoms with E-state index in [0.29, 0.717) is 11.0 Å². The predicted molar refractivity (Wildman–Crippen MR) is 98.5 cm³/mol. The Balaban J connectivity index is 2.10. The third-order valence-electron chi connectivity index (χ3n) is 3.68. The van der Waals surface area contributed by atoms with Gasteiger partial charge in [0.2, 0.25) is 5.91 Å². The quantitative estimate of drug-likeness (QED) is 0.725. The number of nitrogens with zero attached hydrogens (tertiary/aromatic N) is 4. The Kier molecular flexibility index (Phi) is 6.40. The highest BCUT2D eigenvalue weighted by atomic mass is 32.2. The normalized spacial score (nSPS) is 10.5. The average Bonchev–Trinajstić information content (AvgIpc) is 2.95. The number of hydrogen-bond donors (Lipinski definition) is 2. The fourth-order valence-corrected chi connectivity index (χ4v) is 3.12. The van der Waals surface area contributed by atoms with Crippen molar-refractivity contribution in [3.63, 3.8) is 0 Å². The number of amides is 3. The number of anilines is 1. The molecule has 25 heavy (non-hydrogen) atoms. The van der Waals surface area contributed by atoms with Gasteiger partial charge in [0.05, 0.1) is 5.75 Å². The summed E-state index contributed by atoms with van der Waals surface area (Å²) in [6.07, 6.45) is 0. The second kappa shape index (κ2) is 8.52. The van der Waals surface area contributed by atoms with Crippen LogP contribution in [0.1, 0.15) is 13.8 Å². The number of imide groups is 1. The van der Waals surface area contributed by atoms with Crippen molar-refractivity contribution in [1.82, 2.24) is 20.1 Å². The van der Waals surface area contributed by atoms with Crippen molar-refractivity contribution in [2.75, 3.05) is 23.7 Å². The Labute approximate surface area is 150 Å². The minimum absolute atomic E-state index is 0.0375. The van der Waals surface area contributed by atoms with Crippen LogP contribution in [0.2, 0.25) is 0 Å². The van der Waals surface area contributed by atoms with Gasteiger partial charge < -0.3 is 15.2 Å². The number of nitrogens with one attached hydrogen (secondary N) is 1. The number of benzene rings is 1. The van der Waals surface area contributed by atoms with Crippen molar-refractivity contribution in [3.8, 4) is 11.4 Å². The molecule has 3 N–H and O–H groups in total. The third-order valence-corrected chi connectivity index (χ3v) is 4.70. The molecule has 0 unspecified atom stereocenters. The second-order valence-corrected chi connectivity index (χ2v) is 6.23. The Morgan fingerprint density at radius 1 is 1.20 bits per heavy atom. The molecule has 0 spiro atoms. The summed E-state index contributed by atoms with van der Waals surface area (Å²) in [6, 6.07) is 7.27. The maximum Gasteiger partial charge on any atom is 0.318 e. The van der Waals surface area contributed by atoms with Crippen LogP contribution in [-0.2, 0) is 11.8 Å². The van der Waals surface area contributed by atoms with Crippen molar-refractivity contribution in [2.24, 2.45) is 12.8 Å². The Bertz CT molecular complexity index is 740. The lowest BCUT2D eigenvalue weighted by molar-refractivity contribution is -0.117. The van der Waals surface area contributed by atoms with E-state index < -0.39 is 11.9 Å². The molecule has 1 aromatic heterocycles. The molecule has 1 aromatic carbocycles. The van der Waals surface area contributed by atoms with Crippen molar-refractivity contribution in [2.45, 2.75) is 19.0 Å². The molecule has 3 amide bonds. The highest BCUT2D eigenvalue weighted by Gasteiger charge is 2.14. The van der Waals surface area contributed by atoms with Crippen LogP contribution in [0.3, 0.4) is 0 Å². The molecule has 0 fully saturated rings. The number of thioether (sulfide) groups is 1. The van der Waals surface area contributed by atoms with E-state index in [9.17, 15) is 9.59 Å². The monoisotopic (exact) mass is 362 g/mol. The fraction of sp³-hybridized carbons (Fsp3) is 0.375. The number of primary amides is 1. The van der Waals surface area contributed by atoms with Gasteiger partial charge in [0.15, 0.2) is 11.0 Å². The molecular weight excluding hydrogens is 340 g/mol. The summed E-state index contributed by atoms with van der Waals surface area (Å²) in [5.74, 6) is 0.282. The lowest BCUT2D eigenvalue weighted by Crippen LogP contribution is -2.36. The number of aromatic nitrogens is 3. The minimum Gasteiger partial charge on any atom is -0.372 e. The molecule has 9 heteroatoms. The first-order valence-corrected chi connectivity index (χ1v) is 8.91. The zero-order valence-corrected chi connectivity index (χ0v) is 15.3. The van der Waals surface area contributed by atoms with Gasteiger partial charge in [-0.15, -0.1) is 10.2 Å². The van der Waals surface area contributed by atoms with Crippen LogP contribution in [0.25, 0.3) is 11.4 Å². The number of urea groups is 1. The SMILES string of the molecule is CCN(CC)c1ccc(-c2nnc(SCC(=O)NC(N)=O)n2C)cc1. The standard InChI is InChI=1S/C16H22N6O2S/c1-4-22(5-2)12-8-6-11(7-9-12)14-19-20-16(21(14)3)25-10-13(23)18-15(17)24/h6-9H,4-5,10H2,1-3H3,(H3,17,18,23,24). The molecule has 0 aliphatic carbocycles. The molecule has 134 valence electrons. The summed E-state index contributed by atoms with van der Waals surface area (Å²) in [7, 11) is 1.84. The summed E-state index contributed by atoms with van der Waals surface area (Å²) in [5, 5.41) is 10.9. The summed E-state index contributed by atoms with van der Waals surface area (Å²) in [5.41, 5.74) is 7.01. The van der Waals surface area contributed by atoms with E-state index in [-0.39, 0.29) is 5.75 Å². The molecule has 0 aliphatic rings. The Morgan fingerprint density at radius 2 is 1.84 bits per heavy atom. The van der Waals surface area contributed by atoms with Gasteiger partial charge in [-0.3, -0.25) is 10.1 Å². The van der Waals surface area contributed by atoms with E-state index in [1.54, 1.807) is 0 Å². The van der Waals surface area contributed by atoms with Gasteiger partial charge in [0, 0.05) is 31.4 Å². The number of carbonyl (C=O) groups excluding carboxylic acids is 2. The van der Waals surface area contributed by atoms with Gasteiger partial charge in [-0.05, 0) is 38.1 Å². The highest BCUT2D eigenvalue weighted by molar-refractivity contribution is 7.99. The van der Waals surface area contributed by atoms with Gasteiger partial charge in [-0.25, -0.2) is 4.79 Å². The number of rotatable bonds is 7. The first-order chi connectivity index (χ1) is 12.0. The van der Waals surface area contributed by atoms with Gasteiger partial charge in [-0.1, -0.05) is 11.8 Å². The number of nitrogens with two attached hydrogens (primary N) is 1. The van der Waals surface area contributed by atoms with Crippen LogP contribution in [0.5, 0.6) is 0 Å². The van der Waals surface area contributed by atoms with Crippen molar-refractivity contribution in [1.29, 1.82) is 0 Å². The van der Waals surface area contributed by atoms with Crippen molar-refractivity contribution in [3.05, 3.63) is 24.3 Å². The average molecular weight is 362 g/mol.